The van der Waals surface area contributed by atoms with Gasteiger partial charge in [0, 0.05) is 14.1 Å². The minimum Gasteiger partial charge on any atom is -0.289 e. The first-order valence-corrected chi connectivity index (χ1v) is 5.81. The molecule has 0 fully saturated rings. The second kappa shape index (κ2) is 4.88. The molecule has 3 heteroatoms. The highest BCUT2D eigenvalue weighted by molar-refractivity contribution is 5.86. The topological polar surface area (TPSA) is 32.3 Å². The number of hydrazine groups is 1. The van der Waals surface area contributed by atoms with Crippen molar-refractivity contribution in [3.05, 3.63) is 34.9 Å². The molecule has 3 nitrogen and oxygen atoms in total. The van der Waals surface area contributed by atoms with Gasteiger partial charge < -0.3 is 0 Å². The van der Waals surface area contributed by atoms with E-state index in [1.807, 2.05) is 34.0 Å². The predicted octanol–water partition coefficient (Wildman–Crippen LogP) is 2.17. The summed E-state index contributed by atoms with van der Waals surface area (Å²) in [6.07, 6.45) is 0. The minimum absolute atomic E-state index is 0.00533. The Hall–Kier alpha value is -1.35. The van der Waals surface area contributed by atoms with Gasteiger partial charge in [-0.15, -0.1) is 0 Å². The van der Waals surface area contributed by atoms with Crippen molar-refractivity contribution in [2.75, 3.05) is 14.1 Å². The maximum Gasteiger partial charge on any atom is 0.244 e. The first kappa shape index (κ1) is 13.7. The van der Waals surface area contributed by atoms with E-state index in [1.165, 1.54) is 11.1 Å². The highest BCUT2D eigenvalue weighted by atomic mass is 16.2. The molecule has 0 saturated carbocycles. The summed E-state index contributed by atoms with van der Waals surface area (Å²) in [4.78, 5) is 12.1. The van der Waals surface area contributed by atoms with Crippen molar-refractivity contribution in [1.29, 1.82) is 0 Å². The zero-order valence-electron chi connectivity index (χ0n) is 11.6. The third-order valence-corrected chi connectivity index (χ3v) is 3.12. The van der Waals surface area contributed by atoms with Gasteiger partial charge in [0.15, 0.2) is 0 Å². The SMILES string of the molecule is Cc1ccc(C(C)(C)C(=O)NN(C)C)cc1C. The fraction of sp³-hybridized carbons (Fsp3) is 0.500. The Bertz CT molecular complexity index is 422. The Morgan fingerprint density at radius 3 is 2.24 bits per heavy atom. The van der Waals surface area contributed by atoms with Crippen molar-refractivity contribution >= 4 is 5.91 Å². The van der Waals surface area contributed by atoms with Gasteiger partial charge in [0.1, 0.15) is 0 Å². The van der Waals surface area contributed by atoms with Crippen LogP contribution in [0.4, 0.5) is 0 Å². The van der Waals surface area contributed by atoms with Crippen LogP contribution in [0, 0.1) is 13.8 Å². The lowest BCUT2D eigenvalue weighted by Crippen LogP contribution is -2.46. The molecule has 94 valence electrons. The van der Waals surface area contributed by atoms with E-state index >= 15 is 0 Å². The molecule has 0 spiro atoms. The lowest BCUT2D eigenvalue weighted by atomic mass is 9.82. The van der Waals surface area contributed by atoms with Crippen LogP contribution in [0.15, 0.2) is 18.2 Å². The van der Waals surface area contributed by atoms with Gasteiger partial charge >= 0.3 is 0 Å². The van der Waals surface area contributed by atoms with E-state index < -0.39 is 5.41 Å². The number of carbonyl (C=O) groups is 1. The quantitative estimate of drug-likeness (QED) is 0.813. The summed E-state index contributed by atoms with van der Waals surface area (Å²) in [6, 6.07) is 6.18. The summed E-state index contributed by atoms with van der Waals surface area (Å²) < 4.78 is 0. The fourth-order valence-corrected chi connectivity index (χ4v) is 1.60. The van der Waals surface area contributed by atoms with Crippen molar-refractivity contribution in [3.8, 4) is 0 Å². The van der Waals surface area contributed by atoms with Crippen LogP contribution < -0.4 is 5.43 Å². The largest absolute Gasteiger partial charge is 0.289 e. The molecule has 0 heterocycles. The monoisotopic (exact) mass is 234 g/mol. The maximum atomic E-state index is 12.1. The highest BCUT2D eigenvalue weighted by Gasteiger charge is 2.30. The van der Waals surface area contributed by atoms with E-state index in [9.17, 15) is 4.79 Å². The smallest absolute Gasteiger partial charge is 0.244 e. The molecular formula is C14H22N2O. The summed E-state index contributed by atoms with van der Waals surface area (Å²) in [6.45, 7) is 8.02. The van der Waals surface area contributed by atoms with Crippen LogP contribution >= 0.6 is 0 Å². The summed E-state index contributed by atoms with van der Waals surface area (Å²) >= 11 is 0. The number of nitrogens with one attached hydrogen (secondary N) is 1. The van der Waals surface area contributed by atoms with Gasteiger partial charge in [0.05, 0.1) is 5.41 Å². The van der Waals surface area contributed by atoms with E-state index in [-0.39, 0.29) is 5.91 Å². The zero-order chi connectivity index (χ0) is 13.2. The molecule has 1 amide bonds. The van der Waals surface area contributed by atoms with Gasteiger partial charge in [-0.2, -0.15) is 0 Å². The number of hydrogen-bond acceptors (Lipinski definition) is 2. The van der Waals surface area contributed by atoms with Gasteiger partial charge in [-0.3, -0.25) is 10.2 Å². The molecule has 0 aliphatic heterocycles. The molecular weight excluding hydrogens is 212 g/mol. The second-order valence-corrected chi connectivity index (χ2v) is 5.26. The summed E-state index contributed by atoms with van der Waals surface area (Å²) in [7, 11) is 3.63. The van der Waals surface area contributed by atoms with Crippen LogP contribution in [0.25, 0.3) is 0 Å². The molecule has 1 aromatic carbocycles. The molecule has 17 heavy (non-hydrogen) atoms. The second-order valence-electron chi connectivity index (χ2n) is 5.26. The first-order valence-electron chi connectivity index (χ1n) is 5.81. The molecule has 0 bridgehead atoms. The lowest BCUT2D eigenvalue weighted by molar-refractivity contribution is -0.129. The van der Waals surface area contributed by atoms with Gasteiger partial charge in [-0.05, 0) is 44.4 Å². The van der Waals surface area contributed by atoms with E-state index in [0.29, 0.717) is 0 Å². The summed E-state index contributed by atoms with van der Waals surface area (Å²) in [5.41, 5.74) is 5.79. The average molecular weight is 234 g/mol. The van der Waals surface area contributed by atoms with E-state index in [1.54, 1.807) is 5.01 Å². The Balaban J connectivity index is 3.03. The molecule has 0 saturated heterocycles. The first-order chi connectivity index (χ1) is 7.75. The molecule has 0 atom stereocenters. The summed E-state index contributed by atoms with van der Waals surface area (Å²) in [5, 5.41) is 1.67. The van der Waals surface area contributed by atoms with Crippen molar-refractivity contribution in [2.24, 2.45) is 0 Å². The van der Waals surface area contributed by atoms with Crippen molar-refractivity contribution in [1.82, 2.24) is 10.4 Å². The van der Waals surface area contributed by atoms with Crippen LogP contribution in [0.2, 0.25) is 0 Å². The van der Waals surface area contributed by atoms with Crippen LogP contribution in [-0.4, -0.2) is 25.0 Å². The molecule has 0 aromatic heterocycles. The Morgan fingerprint density at radius 1 is 1.18 bits per heavy atom. The van der Waals surface area contributed by atoms with Crippen molar-refractivity contribution < 1.29 is 4.79 Å². The predicted molar refractivity (Wildman–Crippen MR) is 70.8 cm³/mol. The van der Waals surface area contributed by atoms with Gasteiger partial charge in [0.25, 0.3) is 0 Å². The molecule has 1 aromatic rings. The Kier molecular flexibility index (Phi) is 3.94. The fourth-order valence-electron chi connectivity index (χ4n) is 1.60. The Labute approximate surface area is 104 Å². The lowest BCUT2D eigenvalue weighted by Gasteiger charge is -2.26. The normalized spacial score (nSPS) is 11.7. The van der Waals surface area contributed by atoms with Crippen LogP contribution in [-0.2, 0) is 10.2 Å². The third kappa shape index (κ3) is 3.07. The molecule has 0 aliphatic carbocycles. The van der Waals surface area contributed by atoms with Crippen molar-refractivity contribution in [2.45, 2.75) is 33.1 Å². The number of hydrogen-bond donors (Lipinski definition) is 1. The molecule has 0 radical (unpaired) electrons. The van der Waals surface area contributed by atoms with Gasteiger partial charge in [0.2, 0.25) is 5.91 Å². The number of nitrogens with zero attached hydrogens (tertiary/aromatic N) is 1. The zero-order valence-corrected chi connectivity index (χ0v) is 11.6. The number of amides is 1. The molecule has 0 aliphatic rings. The molecule has 1 rings (SSSR count). The minimum atomic E-state index is -0.525. The number of rotatable bonds is 3. The van der Waals surface area contributed by atoms with Crippen LogP contribution in [0.3, 0.4) is 0 Å². The standard InChI is InChI=1S/C14H22N2O/c1-10-7-8-12(9-11(10)2)14(3,4)13(17)15-16(5)6/h7-9H,1-6H3,(H,15,17). The third-order valence-electron chi connectivity index (χ3n) is 3.12. The van der Waals surface area contributed by atoms with E-state index in [4.69, 9.17) is 0 Å². The van der Waals surface area contributed by atoms with Crippen LogP contribution in [0.5, 0.6) is 0 Å². The number of benzene rings is 1. The van der Waals surface area contributed by atoms with Gasteiger partial charge in [-0.25, -0.2) is 5.01 Å². The summed E-state index contributed by atoms with van der Waals surface area (Å²) in [5.74, 6) is 0.00533. The molecule has 0 unspecified atom stereocenters. The number of carbonyl (C=O) groups excluding carboxylic acids is 1. The highest BCUT2D eigenvalue weighted by Crippen LogP contribution is 2.25. The average Bonchev–Trinajstić information content (AvgIpc) is 2.20. The number of aryl methyl sites for hydroxylation is 2. The Morgan fingerprint density at radius 2 is 1.76 bits per heavy atom. The van der Waals surface area contributed by atoms with Crippen molar-refractivity contribution in [3.63, 3.8) is 0 Å². The van der Waals surface area contributed by atoms with Gasteiger partial charge in [-0.1, -0.05) is 18.2 Å². The van der Waals surface area contributed by atoms with E-state index in [0.717, 1.165) is 5.56 Å². The van der Waals surface area contributed by atoms with Crippen LogP contribution in [0.1, 0.15) is 30.5 Å². The maximum absolute atomic E-state index is 12.1. The van der Waals surface area contributed by atoms with E-state index in [2.05, 4.69) is 31.4 Å². The molecule has 1 N–H and O–H groups in total.